The summed E-state index contributed by atoms with van der Waals surface area (Å²) < 4.78 is 23.0. The molecule has 5 heteroatoms. The van der Waals surface area contributed by atoms with Gasteiger partial charge in [0, 0.05) is 19.1 Å². The Labute approximate surface area is 93.0 Å². The van der Waals surface area contributed by atoms with Gasteiger partial charge in [-0.05, 0) is 33.9 Å². The third-order valence-corrected chi connectivity index (χ3v) is 5.14. The van der Waals surface area contributed by atoms with Gasteiger partial charge in [-0.3, -0.25) is 0 Å². The van der Waals surface area contributed by atoms with E-state index >= 15 is 0 Å². The third kappa shape index (κ3) is 4.09. The molecule has 1 rings (SSSR count). The average Bonchev–Trinajstić information content (AvgIpc) is 2.51. The number of likely N-dealkylation sites (tertiary alicyclic amines) is 1. The van der Waals surface area contributed by atoms with E-state index in [2.05, 4.69) is 17.3 Å². The van der Waals surface area contributed by atoms with Crippen molar-refractivity contribution in [1.82, 2.24) is 10.2 Å². The van der Waals surface area contributed by atoms with Crippen LogP contribution in [0.25, 0.3) is 0 Å². The summed E-state index contributed by atoms with van der Waals surface area (Å²) in [7, 11) is -0.790. The highest BCUT2D eigenvalue weighted by Crippen LogP contribution is 2.06. The number of likely N-dealkylation sites (N-methyl/N-ethyl adjacent to an activating group) is 1. The van der Waals surface area contributed by atoms with E-state index in [-0.39, 0.29) is 11.0 Å². The molecule has 0 saturated carbocycles. The average molecular weight is 234 g/mol. The molecular weight excluding hydrogens is 212 g/mol. The quantitative estimate of drug-likeness (QED) is 0.733. The van der Waals surface area contributed by atoms with E-state index < -0.39 is 9.84 Å². The maximum Gasteiger partial charge on any atom is 0.153 e. The highest BCUT2D eigenvalue weighted by atomic mass is 32.2. The Bertz CT molecular complexity index is 288. The van der Waals surface area contributed by atoms with Gasteiger partial charge in [-0.1, -0.05) is 0 Å². The fraction of sp³-hybridized carbons (Fsp3) is 1.00. The van der Waals surface area contributed by atoms with Crippen molar-refractivity contribution in [2.24, 2.45) is 0 Å². The lowest BCUT2D eigenvalue weighted by Gasteiger charge is -2.13. The number of hydrogen-bond acceptors (Lipinski definition) is 4. The third-order valence-electron chi connectivity index (χ3n) is 2.93. The Morgan fingerprint density at radius 2 is 2.13 bits per heavy atom. The molecule has 1 N–H and O–H groups in total. The van der Waals surface area contributed by atoms with Crippen molar-refractivity contribution in [3.05, 3.63) is 0 Å². The lowest BCUT2D eigenvalue weighted by molar-refractivity contribution is 0.400. The number of nitrogens with one attached hydrogen (secondary N) is 1. The number of sulfone groups is 1. The standard InChI is InChI=1S/C10H22N2O2S/c1-9(2)15(13,14)7-5-11-10-4-6-12(3)8-10/h9-11H,4-8H2,1-3H3. The van der Waals surface area contributed by atoms with Gasteiger partial charge in [-0.2, -0.15) is 0 Å². The Kier molecular flexibility index (Phi) is 4.55. The van der Waals surface area contributed by atoms with Gasteiger partial charge < -0.3 is 10.2 Å². The van der Waals surface area contributed by atoms with Crippen LogP contribution in [0.3, 0.4) is 0 Å². The fourth-order valence-electron chi connectivity index (χ4n) is 1.74. The van der Waals surface area contributed by atoms with Crippen molar-refractivity contribution in [3.63, 3.8) is 0 Å². The van der Waals surface area contributed by atoms with Crippen LogP contribution in [-0.4, -0.2) is 57.0 Å². The minimum Gasteiger partial charge on any atom is -0.312 e. The zero-order valence-electron chi connectivity index (χ0n) is 9.86. The maximum atomic E-state index is 11.5. The molecule has 4 nitrogen and oxygen atoms in total. The van der Waals surface area contributed by atoms with Crippen molar-refractivity contribution in [2.75, 3.05) is 32.4 Å². The first-order chi connectivity index (χ1) is 6.92. The van der Waals surface area contributed by atoms with Gasteiger partial charge in [0.05, 0.1) is 11.0 Å². The second-order valence-electron chi connectivity index (χ2n) is 4.62. The minimum atomic E-state index is -2.88. The van der Waals surface area contributed by atoms with Crippen molar-refractivity contribution in [1.29, 1.82) is 0 Å². The van der Waals surface area contributed by atoms with E-state index in [9.17, 15) is 8.42 Å². The van der Waals surface area contributed by atoms with E-state index in [1.165, 1.54) is 0 Å². The summed E-state index contributed by atoms with van der Waals surface area (Å²) in [6.45, 7) is 6.19. The van der Waals surface area contributed by atoms with Crippen LogP contribution in [0.4, 0.5) is 0 Å². The van der Waals surface area contributed by atoms with Crippen LogP contribution in [0, 0.1) is 0 Å². The second kappa shape index (κ2) is 5.27. The molecule has 90 valence electrons. The fourth-order valence-corrected chi connectivity index (χ4v) is 2.62. The maximum absolute atomic E-state index is 11.5. The molecule has 1 fully saturated rings. The first-order valence-corrected chi connectivity index (χ1v) is 7.27. The SMILES string of the molecule is CC(C)S(=O)(=O)CCNC1CCN(C)C1. The predicted molar refractivity (Wildman–Crippen MR) is 62.8 cm³/mol. The molecule has 0 spiro atoms. The van der Waals surface area contributed by atoms with Gasteiger partial charge in [-0.15, -0.1) is 0 Å². The van der Waals surface area contributed by atoms with Crippen LogP contribution in [0.1, 0.15) is 20.3 Å². The van der Waals surface area contributed by atoms with E-state index in [1.54, 1.807) is 13.8 Å². The van der Waals surface area contributed by atoms with Crippen molar-refractivity contribution in [2.45, 2.75) is 31.6 Å². The Morgan fingerprint density at radius 1 is 1.47 bits per heavy atom. The molecule has 1 aliphatic rings. The lowest BCUT2D eigenvalue weighted by Crippen LogP contribution is -2.36. The van der Waals surface area contributed by atoms with Crippen LogP contribution in [0.5, 0.6) is 0 Å². The molecule has 1 atom stereocenters. The van der Waals surface area contributed by atoms with Gasteiger partial charge in [0.25, 0.3) is 0 Å². The smallest absolute Gasteiger partial charge is 0.153 e. The van der Waals surface area contributed by atoms with Gasteiger partial charge in [0.15, 0.2) is 9.84 Å². The molecule has 1 aliphatic heterocycles. The lowest BCUT2D eigenvalue weighted by atomic mass is 10.3. The summed E-state index contributed by atoms with van der Waals surface area (Å²) in [4.78, 5) is 2.26. The molecular formula is C10H22N2O2S. The molecule has 0 bridgehead atoms. The Hall–Kier alpha value is -0.130. The van der Waals surface area contributed by atoms with Gasteiger partial charge in [0.2, 0.25) is 0 Å². The topological polar surface area (TPSA) is 49.4 Å². The number of rotatable bonds is 5. The van der Waals surface area contributed by atoms with E-state index in [0.29, 0.717) is 12.6 Å². The molecule has 1 saturated heterocycles. The molecule has 15 heavy (non-hydrogen) atoms. The molecule has 1 unspecified atom stereocenters. The minimum absolute atomic E-state index is 0.255. The Balaban J connectivity index is 2.22. The highest BCUT2D eigenvalue weighted by Gasteiger charge is 2.20. The predicted octanol–water partition coefficient (Wildman–Crippen LogP) is 0.103. The molecule has 0 amide bonds. The monoisotopic (exact) mass is 234 g/mol. The molecule has 0 aliphatic carbocycles. The normalized spacial score (nSPS) is 23.9. The van der Waals surface area contributed by atoms with E-state index in [1.807, 2.05) is 0 Å². The molecule has 0 radical (unpaired) electrons. The molecule has 0 aromatic rings. The number of nitrogens with zero attached hydrogens (tertiary/aromatic N) is 1. The summed E-state index contributed by atoms with van der Waals surface area (Å²) in [5.74, 6) is 0.255. The van der Waals surface area contributed by atoms with E-state index in [0.717, 1.165) is 19.5 Å². The summed E-state index contributed by atoms with van der Waals surface area (Å²) >= 11 is 0. The van der Waals surface area contributed by atoms with Crippen molar-refractivity contribution in [3.8, 4) is 0 Å². The van der Waals surface area contributed by atoms with Crippen molar-refractivity contribution >= 4 is 9.84 Å². The number of hydrogen-bond donors (Lipinski definition) is 1. The summed E-state index contributed by atoms with van der Waals surface area (Å²) in [5, 5.41) is 3.04. The first kappa shape index (κ1) is 12.9. The van der Waals surface area contributed by atoms with E-state index in [4.69, 9.17) is 0 Å². The van der Waals surface area contributed by atoms with Crippen LogP contribution in [0.2, 0.25) is 0 Å². The van der Waals surface area contributed by atoms with Crippen LogP contribution in [0.15, 0.2) is 0 Å². The van der Waals surface area contributed by atoms with Crippen LogP contribution >= 0.6 is 0 Å². The highest BCUT2D eigenvalue weighted by molar-refractivity contribution is 7.92. The zero-order chi connectivity index (χ0) is 11.5. The van der Waals surface area contributed by atoms with Gasteiger partial charge in [-0.25, -0.2) is 8.42 Å². The van der Waals surface area contributed by atoms with Crippen LogP contribution < -0.4 is 5.32 Å². The molecule has 1 heterocycles. The largest absolute Gasteiger partial charge is 0.312 e. The summed E-state index contributed by atoms with van der Waals surface area (Å²) in [6, 6.07) is 0.470. The summed E-state index contributed by atoms with van der Waals surface area (Å²) in [5.41, 5.74) is 0. The first-order valence-electron chi connectivity index (χ1n) is 5.55. The molecule has 0 aromatic carbocycles. The van der Waals surface area contributed by atoms with Gasteiger partial charge in [0.1, 0.15) is 0 Å². The summed E-state index contributed by atoms with van der Waals surface area (Å²) in [6.07, 6.45) is 1.12. The van der Waals surface area contributed by atoms with Gasteiger partial charge >= 0.3 is 0 Å². The van der Waals surface area contributed by atoms with Crippen molar-refractivity contribution < 1.29 is 8.42 Å². The van der Waals surface area contributed by atoms with Crippen LogP contribution in [-0.2, 0) is 9.84 Å². The zero-order valence-corrected chi connectivity index (χ0v) is 10.7. The second-order valence-corrected chi connectivity index (χ2v) is 7.29. The Morgan fingerprint density at radius 3 is 2.60 bits per heavy atom. The molecule has 0 aromatic heterocycles.